The fraction of sp³-hybridized carbons (Fsp3) is 0.172. The van der Waals surface area contributed by atoms with Crippen molar-refractivity contribution in [1.82, 2.24) is 4.98 Å². The third-order valence-corrected chi connectivity index (χ3v) is 9.27. The van der Waals surface area contributed by atoms with E-state index in [1.165, 1.54) is 16.7 Å². The number of thiazole rings is 1. The summed E-state index contributed by atoms with van der Waals surface area (Å²) in [6, 6.07) is 23.5. The van der Waals surface area contributed by atoms with Gasteiger partial charge in [-0.15, -0.1) is 0 Å². The molecule has 0 spiro atoms. The van der Waals surface area contributed by atoms with Crippen LogP contribution in [0, 0.1) is 12.8 Å². The van der Waals surface area contributed by atoms with E-state index in [0.717, 1.165) is 16.9 Å². The van der Waals surface area contributed by atoms with E-state index in [1.807, 2.05) is 49.4 Å². The minimum atomic E-state index is -0.743. The Morgan fingerprint density at radius 2 is 1.67 bits per heavy atom. The Bertz CT molecular complexity index is 1650. The van der Waals surface area contributed by atoms with Crippen LogP contribution in [0.5, 0.6) is 5.75 Å². The van der Waals surface area contributed by atoms with Gasteiger partial charge in [-0.3, -0.25) is 19.2 Å². The van der Waals surface area contributed by atoms with Crippen molar-refractivity contribution < 1.29 is 19.1 Å². The molecular formula is C29H23N3O5S2. The molecule has 3 amide bonds. The molecule has 3 atom stereocenters. The van der Waals surface area contributed by atoms with E-state index in [0.29, 0.717) is 32.6 Å². The van der Waals surface area contributed by atoms with Gasteiger partial charge in [0.05, 0.1) is 16.6 Å². The number of nitrogens with one attached hydrogen (secondary N) is 2. The van der Waals surface area contributed by atoms with Gasteiger partial charge in [0, 0.05) is 22.0 Å². The number of aryl methyl sites for hydroxylation is 1. The van der Waals surface area contributed by atoms with E-state index in [1.54, 1.807) is 36.4 Å². The van der Waals surface area contributed by atoms with Gasteiger partial charge in [0.15, 0.2) is 6.61 Å². The number of aromatic nitrogens is 1. The lowest BCUT2D eigenvalue weighted by Crippen LogP contribution is -2.32. The number of hydrogen-bond acceptors (Lipinski definition) is 7. The topological polar surface area (TPSA) is 109 Å². The molecule has 6 rings (SSSR count). The number of imide groups is 1. The van der Waals surface area contributed by atoms with Gasteiger partial charge < -0.3 is 15.0 Å². The van der Waals surface area contributed by atoms with Gasteiger partial charge in [0.2, 0.25) is 11.8 Å². The molecule has 10 heteroatoms. The average molecular weight is 558 g/mol. The van der Waals surface area contributed by atoms with Gasteiger partial charge in [0.25, 0.3) is 5.91 Å². The molecule has 8 nitrogen and oxygen atoms in total. The second-order valence-corrected chi connectivity index (χ2v) is 11.5. The number of hydrogen-bond donors (Lipinski definition) is 2. The molecule has 2 aliphatic rings. The van der Waals surface area contributed by atoms with Crippen LogP contribution in [0.15, 0.2) is 88.7 Å². The van der Waals surface area contributed by atoms with Crippen molar-refractivity contribution in [1.29, 1.82) is 0 Å². The molecule has 2 aliphatic heterocycles. The van der Waals surface area contributed by atoms with Crippen molar-refractivity contribution in [2.75, 3.05) is 16.8 Å². The molecule has 1 aromatic heterocycles. The first kappa shape index (κ1) is 25.1. The molecule has 39 heavy (non-hydrogen) atoms. The van der Waals surface area contributed by atoms with E-state index in [-0.39, 0.29) is 29.2 Å². The predicted molar refractivity (Wildman–Crippen MR) is 151 cm³/mol. The minimum absolute atomic E-state index is 0.250. The van der Waals surface area contributed by atoms with E-state index in [9.17, 15) is 19.2 Å². The molecule has 196 valence electrons. The van der Waals surface area contributed by atoms with Crippen molar-refractivity contribution >= 4 is 52.2 Å². The first-order valence-electron chi connectivity index (χ1n) is 12.3. The van der Waals surface area contributed by atoms with Crippen molar-refractivity contribution in [3.8, 4) is 5.75 Å². The number of ether oxygens (including phenoxy) is 1. The Morgan fingerprint density at radius 3 is 2.46 bits per heavy atom. The van der Waals surface area contributed by atoms with E-state index >= 15 is 0 Å². The van der Waals surface area contributed by atoms with Gasteiger partial charge in [-0.05, 0) is 36.8 Å². The Balaban J connectivity index is 1.34. The van der Waals surface area contributed by atoms with Crippen LogP contribution in [-0.2, 0) is 14.4 Å². The van der Waals surface area contributed by atoms with Crippen molar-refractivity contribution in [3.05, 3.63) is 105 Å². The van der Waals surface area contributed by atoms with E-state index < -0.39 is 17.1 Å². The smallest absolute Gasteiger partial charge is 0.305 e. The Kier molecular flexibility index (Phi) is 6.58. The van der Waals surface area contributed by atoms with Crippen LogP contribution in [-0.4, -0.2) is 34.6 Å². The number of rotatable bonds is 6. The first-order chi connectivity index (χ1) is 18.9. The highest BCUT2D eigenvalue weighted by molar-refractivity contribution is 8.00. The molecule has 0 bridgehead atoms. The highest BCUT2D eigenvalue weighted by Crippen LogP contribution is 2.54. The molecule has 3 heterocycles. The Hall–Kier alpha value is -4.15. The number of carbonyl (C=O) groups excluding carboxylic acids is 3. The van der Waals surface area contributed by atoms with Crippen LogP contribution in [0.1, 0.15) is 21.9 Å². The van der Waals surface area contributed by atoms with Crippen LogP contribution >= 0.6 is 23.1 Å². The number of amides is 3. The summed E-state index contributed by atoms with van der Waals surface area (Å²) >= 11 is 2.25. The quantitative estimate of drug-likeness (QED) is 0.337. The van der Waals surface area contributed by atoms with Crippen LogP contribution in [0.3, 0.4) is 0 Å². The number of aromatic amines is 1. The second-order valence-electron chi connectivity index (χ2n) is 9.29. The average Bonchev–Trinajstić information content (AvgIpc) is 3.43. The molecule has 1 saturated heterocycles. The Morgan fingerprint density at radius 1 is 0.949 bits per heavy atom. The molecule has 2 unspecified atom stereocenters. The molecule has 3 aromatic carbocycles. The summed E-state index contributed by atoms with van der Waals surface area (Å²) in [5, 5.41) is 2.73. The normalized spacial score (nSPS) is 19.9. The molecule has 2 N–H and O–H groups in total. The third kappa shape index (κ3) is 4.55. The lowest BCUT2D eigenvalue weighted by molar-refractivity contribution is -0.122. The lowest BCUT2D eigenvalue weighted by atomic mass is 9.82. The second kappa shape index (κ2) is 10.2. The monoisotopic (exact) mass is 557 g/mol. The lowest BCUT2D eigenvalue weighted by Gasteiger charge is -2.30. The van der Waals surface area contributed by atoms with Gasteiger partial charge in [-0.1, -0.05) is 77.7 Å². The predicted octanol–water partition coefficient (Wildman–Crippen LogP) is 4.56. The fourth-order valence-corrected chi connectivity index (χ4v) is 7.60. The number of thioether (sulfide) groups is 1. The molecule has 0 aliphatic carbocycles. The molecule has 0 radical (unpaired) electrons. The third-order valence-electron chi connectivity index (χ3n) is 6.87. The van der Waals surface area contributed by atoms with Crippen molar-refractivity contribution in [2.45, 2.75) is 23.1 Å². The van der Waals surface area contributed by atoms with Crippen LogP contribution in [0.2, 0.25) is 0 Å². The number of fused-ring (bicyclic) bond motifs is 2. The maximum Gasteiger partial charge on any atom is 0.305 e. The van der Waals surface area contributed by atoms with Gasteiger partial charge in [-0.2, -0.15) is 0 Å². The zero-order chi connectivity index (χ0) is 27.1. The van der Waals surface area contributed by atoms with Crippen LogP contribution in [0.25, 0.3) is 0 Å². The summed E-state index contributed by atoms with van der Waals surface area (Å²) in [5.41, 5.74) is 2.78. The van der Waals surface area contributed by atoms with Gasteiger partial charge >= 0.3 is 4.87 Å². The summed E-state index contributed by atoms with van der Waals surface area (Å²) in [5.74, 6) is -1.90. The number of para-hydroxylation sites is 3. The standard InChI is InChI=1S/C29H23N3O5S2/c1-16-9-5-7-13-19(16)30-21(33)15-37-20-14-8-6-12-18(20)22-23-25(38-26-24(22)39-29(36)31-26)28(35)32(27(23)34)17-10-3-2-4-11-17/h2-14,22-23,25H,15H2,1H3,(H,30,33)(H,31,36)/t22-,23?,25?/m1/s1. The molecular weight excluding hydrogens is 534 g/mol. The highest BCUT2D eigenvalue weighted by Gasteiger charge is 2.56. The minimum Gasteiger partial charge on any atom is -0.483 e. The fourth-order valence-electron chi connectivity index (χ4n) is 5.10. The zero-order valence-electron chi connectivity index (χ0n) is 20.7. The largest absolute Gasteiger partial charge is 0.483 e. The molecule has 0 saturated carbocycles. The van der Waals surface area contributed by atoms with E-state index in [2.05, 4.69) is 10.3 Å². The number of nitrogens with zero attached hydrogens (tertiary/aromatic N) is 1. The highest BCUT2D eigenvalue weighted by atomic mass is 32.2. The van der Waals surface area contributed by atoms with Gasteiger partial charge in [0.1, 0.15) is 11.0 Å². The summed E-state index contributed by atoms with van der Waals surface area (Å²) in [4.78, 5) is 57.0. The van der Waals surface area contributed by atoms with Crippen LogP contribution < -0.4 is 19.8 Å². The molecule has 4 aromatic rings. The van der Waals surface area contributed by atoms with Crippen LogP contribution in [0.4, 0.5) is 11.4 Å². The maximum absolute atomic E-state index is 13.9. The number of H-pyrrole nitrogens is 1. The number of carbonyl (C=O) groups is 3. The zero-order valence-corrected chi connectivity index (χ0v) is 22.4. The summed E-state index contributed by atoms with van der Waals surface area (Å²) < 4.78 is 6.00. The Labute approximate surface area is 232 Å². The van der Waals surface area contributed by atoms with Crippen molar-refractivity contribution in [3.63, 3.8) is 0 Å². The summed E-state index contributed by atoms with van der Waals surface area (Å²) in [6.07, 6.45) is 0. The maximum atomic E-state index is 13.9. The summed E-state index contributed by atoms with van der Waals surface area (Å²) in [7, 11) is 0. The van der Waals surface area contributed by atoms with Gasteiger partial charge in [-0.25, -0.2) is 4.90 Å². The summed E-state index contributed by atoms with van der Waals surface area (Å²) in [6.45, 7) is 1.65. The van der Waals surface area contributed by atoms with E-state index in [4.69, 9.17) is 4.74 Å². The SMILES string of the molecule is Cc1ccccc1NC(=O)COc1ccccc1[C@H]1c2sc(=O)[nH]c2SC2C(=O)N(c3ccccc3)C(=O)C21. The molecule has 1 fully saturated rings. The first-order valence-corrected chi connectivity index (χ1v) is 14.0. The van der Waals surface area contributed by atoms with Crippen molar-refractivity contribution in [2.24, 2.45) is 5.92 Å². The number of benzene rings is 3. The number of anilines is 2.